The Kier molecular flexibility index (Phi) is 4.24. The molecule has 0 N–H and O–H groups in total. The van der Waals surface area contributed by atoms with Crippen LogP contribution in [0.4, 0.5) is 0 Å². The normalized spacial score (nSPS) is 10.8. The van der Waals surface area contributed by atoms with E-state index in [0.29, 0.717) is 34.1 Å². The van der Waals surface area contributed by atoms with Gasteiger partial charge in [0.2, 0.25) is 0 Å². The molecule has 2 rings (SSSR count). The van der Waals surface area contributed by atoms with E-state index in [1.165, 1.54) is 13.4 Å². The van der Waals surface area contributed by atoms with E-state index < -0.39 is 0 Å². The molecule has 96 valence electrons. The second-order valence-electron chi connectivity index (χ2n) is 3.34. The Balaban J connectivity index is 2.46. The number of pyridine rings is 1. The minimum Gasteiger partial charge on any atom is -0.492 e. The summed E-state index contributed by atoms with van der Waals surface area (Å²) >= 11 is 6.06. The molecule has 0 amide bonds. The van der Waals surface area contributed by atoms with Gasteiger partial charge in [-0.25, -0.2) is 24.7 Å². The molecule has 2 aromatic rings. The van der Waals surface area contributed by atoms with Gasteiger partial charge in [-0.05, 0) is 6.92 Å². The fourth-order valence-electron chi connectivity index (χ4n) is 1.52. The average Bonchev–Trinajstić information content (AvgIpc) is 2.39. The second kappa shape index (κ2) is 5.90. The highest BCUT2D eigenvalue weighted by molar-refractivity contribution is 6.34. The molecule has 7 heteroatoms. The van der Waals surface area contributed by atoms with Crippen LogP contribution in [0.3, 0.4) is 0 Å². The number of hydrogen-bond acceptors (Lipinski definition) is 6. The first kappa shape index (κ1) is 12.9. The summed E-state index contributed by atoms with van der Waals surface area (Å²) in [4.78, 5) is 22.0. The zero-order valence-corrected chi connectivity index (χ0v) is 10.8. The van der Waals surface area contributed by atoms with Crippen LogP contribution in [0.15, 0.2) is 12.5 Å². The molecule has 18 heavy (non-hydrogen) atoms. The summed E-state index contributed by atoms with van der Waals surface area (Å²) in [5.74, 6) is 0.511. The molecule has 0 unspecified atom stereocenters. The van der Waals surface area contributed by atoms with E-state index in [-0.39, 0.29) is 6.61 Å². The van der Waals surface area contributed by atoms with Crippen LogP contribution in [0, 0.1) is 0 Å². The molecular formula is C11H12ClN3O3. The molecule has 0 atom stereocenters. The maximum atomic E-state index is 6.06. The Labute approximate surface area is 109 Å². The zero-order chi connectivity index (χ0) is 13.0. The molecule has 0 aromatic carbocycles. The van der Waals surface area contributed by atoms with Crippen LogP contribution in [-0.2, 0) is 16.4 Å². The number of hydrogen-bond donors (Lipinski definition) is 0. The minimum atomic E-state index is 0.136. The number of fused-ring (bicyclic) bond motifs is 1. The SMILES string of the molecule is CCOOCc1nc(Cl)c2cncnc2c1OC. The first-order valence-electron chi connectivity index (χ1n) is 5.34. The molecule has 0 saturated heterocycles. The maximum Gasteiger partial charge on any atom is 0.169 e. The predicted molar refractivity (Wildman–Crippen MR) is 65.3 cm³/mol. The van der Waals surface area contributed by atoms with Crippen LogP contribution >= 0.6 is 11.6 Å². The number of halogens is 1. The van der Waals surface area contributed by atoms with Crippen molar-refractivity contribution in [1.29, 1.82) is 0 Å². The lowest BCUT2D eigenvalue weighted by Crippen LogP contribution is -2.03. The van der Waals surface area contributed by atoms with Gasteiger partial charge in [0, 0.05) is 6.20 Å². The highest BCUT2D eigenvalue weighted by atomic mass is 35.5. The van der Waals surface area contributed by atoms with Crippen LogP contribution in [0.2, 0.25) is 5.15 Å². The third kappa shape index (κ3) is 2.50. The molecule has 0 radical (unpaired) electrons. The maximum absolute atomic E-state index is 6.06. The van der Waals surface area contributed by atoms with Crippen molar-refractivity contribution in [1.82, 2.24) is 15.0 Å². The van der Waals surface area contributed by atoms with Crippen molar-refractivity contribution in [2.45, 2.75) is 13.5 Å². The molecule has 6 nitrogen and oxygen atoms in total. The lowest BCUT2D eigenvalue weighted by Gasteiger charge is -2.10. The molecule has 0 spiro atoms. The Morgan fingerprint density at radius 2 is 2.17 bits per heavy atom. The number of methoxy groups -OCH3 is 1. The predicted octanol–water partition coefficient (Wildman–Crippen LogP) is 2.15. The highest BCUT2D eigenvalue weighted by Crippen LogP contribution is 2.30. The summed E-state index contributed by atoms with van der Waals surface area (Å²) in [6, 6.07) is 0. The fourth-order valence-corrected chi connectivity index (χ4v) is 1.76. The second-order valence-corrected chi connectivity index (χ2v) is 3.69. The zero-order valence-electron chi connectivity index (χ0n) is 10.0. The van der Waals surface area contributed by atoms with Crippen LogP contribution in [0.5, 0.6) is 5.75 Å². The standard InChI is InChI=1S/C11H12ClN3O3/c1-3-17-18-5-8-10(16-2)9-7(11(12)15-8)4-13-6-14-9/h4,6H,3,5H2,1-2H3. The van der Waals surface area contributed by atoms with Crippen molar-refractivity contribution in [3.05, 3.63) is 23.4 Å². The van der Waals surface area contributed by atoms with E-state index in [4.69, 9.17) is 26.1 Å². The summed E-state index contributed by atoms with van der Waals surface area (Å²) in [6.07, 6.45) is 3.02. The summed E-state index contributed by atoms with van der Waals surface area (Å²) in [5, 5.41) is 0.942. The molecule has 0 aliphatic heterocycles. The van der Waals surface area contributed by atoms with E-state index >= 15 is 0 Å². The monoisotopic (exact) mass is 269 g/mol. The first-order chi connectivity index (χ1) is 8.77. The van der Waals surface area contributed by atoms with Gasteiger partial charge < -0.3 is 4.74 Å². The van der Waals surface area contributed by atoms with Gasteiger partial charge in [-0.1, -0.05) is 11.6 Å². The van der Waals surface area contributed by atoms with Gasteiger partial charge in [0.05, 0.1) is 19.1 Å². The van der Waals surface area contributed by atoms with Gasteiger partial charge >= 0.3 is 0 Å². The third-order valence-electron chi connectivity index (χ3n) is 2.25. The number of ether oxygens (including phenoxy) is 1. The topological polar surface area (TPSA) is 66.4 Å². The molecule has 2 heterocycles. The van der Waals surface area contributed by atoms with Gasteiger partial charge in [0.15, 0.2) is 5.75 Å². The Morgan fingerprint density at radius 1 is 1.33 bits per heavy atom. The lowest BCUT2D eigenvalue weighted by molar-refractivity contribution is -0.301. The van der Waals surface area contributed by atoms with Crippen LogP contribution < -0.4 is 4.74 Å². The van der Waals surface area contributed by atoms with Gasteiger partial charge in [0.1, 0.15) is 29.3 Å². The van der Waals surface area contributed by atoms with E-state index in [1.807, 2.05) is 6.92 Å². The van der Waals surface area contributed by atoms with Gasteiger partial charge in [-0.2, -0.15) is 0 Å². The number of aromatic nitrogens is 3. The van der Waals surface area contributed by atoms with E-state index in [9.17, 15) is 0 Å². The molecule has 0 saturated carbocycles. The minimum absolute atomic E-state index is 0.136. The van der Waals surface area contributed by atoms with Crippen LogP contribution in [0.25, 0.3) is 10.9 Å². The van der Waals surface area contributed by atoms with Crippen molar-refractivity contribution in [2.75, 3.05) is 13.7 Å². The summed E-state index contributed by atoms with van der Waals surface area (Å²) < 4.78 is 5.30. The fraction of sp³-hybridized carbons (Fsp3) is 0.364. The molecular weight excluding hydrogens is 258 g/mol. The highest BCUT2D eigenvalue weighted by Gasteiger charge is 2.15. The van der Waals surface area contributed by atoms with Gasteiger partial charge in [0.25, 0.3) is 0 Å². The van der Waals surface area contributed by atoms with Crippen LogP contribution in [0.1, 0.15) is 12.6 Å². The summed E-state index contributed by atoms with van der Waals surface area (Å²) in [6.45, 7) is 2.41. The first-order valence-corrected chi connectivity index (χ1v) is 5.72. The van der Waals surface area contributed by atoms with Crippen molar-refractivity contribution in [3.63, 3.8) is 0 Å². The van der Waals surface area contributed by atoms with Gasteiger partial charge in [-0.15, -0.1) is 0 Å². The molecule has 0 fully saturated rings. The van der Waals surface area contributed by atoms with Crippen molar-refractivity contribution < 1.29 is 14.5 Å². The largest absolute Gasteiger partial charge is 0.492 e. The van der Waals surface area contributed by atoms with Crippen molar-refractivity contribution in [3.8, 4) is 5.75 Å². The number of rotatable bonds is 5. The number of nitrogens with zero attached hydrogens (tertiary/aromatic N) is 3. The Hall–Kier alpha value is -1.50. The molecule has 0 aliphatic rings. The van der Waals surface area contributed by atoms with E-state index in [0.717, 1.165) is 0 Å². The van der Waals surface area contributed by atoms with Crippen LogP contribution in [-0.4, -0.2) is 28.7 Å². The smallest absolute Gasteiger partial charge is 0.169 e. The quantitative estimate of drug-likeness (QED) is 0.359. The Morgan fingerprint density at radius 3 is 2.89 bits per heavy atom. The third-order valence-corrected chi connectivity index (χ3v) is 2.53. The molecule has 2 aromatic heterocycles. The van der Waals surface area contributed by atoms with Crippen molar-refractivity contribution in [2.24, 2.45) is 0 Å². The van der Waals surface area contributed by atoms with Gasteiger partial charge in [-0.3, -0.25) is 0 Å². The van der Waals surface area contributed by atoms with Crippen molar-refractivity contribution >= 4 is 22.5 Å². The van der Waals surface area contributed by atoms with E-state index in [1.54, 1.807) is 6.20 Å². The van der Waals surface area contributed by atoms with E-state index in [2.05, 4.69) is 15.0 Å². The lowest BCUT2D eigenvalue weighted by atomic mass is 10.2. The summed E-state index contributed by atoms with van der Waals surface area (Å²) in [7, 11) is 1.54. The molecule has 0 aliphatic carbocycles. The molecule has 0 bridgehead atoms. The average molecular weight is 270 g/mol. The Bertz CT molecular complexity index is 550. The summed E-state index contributed by atoms with van der Waals surface area (Å²) in [5.41, 5.74) is 1.13.